The van der Waals surface area contributed by atoms with Crippen molar-refractivity contribution in [1.29, 1.82) is 0 Å². The maximum atomic E-state index is 13.2. The number of imidazole rings is 1. The minimum atomic E-state index is -0.243. The molecule has 0 radical (unpaired) electrons. The first-order valence-electron chi connectivity index (χ1n) is 7.67. The Bertz CT molecular complexity index is 754. The third-order valence-electron chi connectivity index (χ3n) is 3.51. The maximum absolute atomic E-state index is 13.2. The molecule has 1 N–H and O–H groups in total. The summed E-state index contributed by atoms with van der Waals surface area (Å²) in [6.07, 6.45) is 5.83. The van der Waals surface area contributed by atoms with Gasteiger partial charge in [-0.3, -0.25) is 4.98 Å². The van der Waals surface area contributed by atoms with Crippen LogP contribution < -0.4 is 0 Å². The highest BCUT2D eigenvalue weighted by Gasteiger charge is 2.14. The number of thioether (sulfide) groups is 1. The molecule has 1 aromatic carbocycles. The van der Waals surface area contributed by atoms with Crippen LogP contribution in [0.1, 0.15) is 19.8 Å². The highest BCUT2D eigenvalue weighted by molar-refractivity contribution is 7.99. The standard InChI is InChI=1S/C18H18FN3S/c1-2-3-12-23-18-21-16(13-4-6-15(19)7-5-13)17(22-18)14-8-10-20-11-9-14/h4-11H,2-3,12H2,1H3,(H,21,22). The van der Waals surface area contributed by atoms with Crippen LogP contribution in [0.15, 0.2) is 53.9 Å². The van der Waals surface area contributed by atoms with Crippen molar-refractivity contribution in [2.24, 2.45) is 0 Å². The lowest BCUT2D eigenvalue weighted by Gasteiger charge is -2.02. The van der Waals surface area contributed by atoms with Crippen LogP contribution in [-0.4, -0.2) is 20.7 Å². The average molecular weight is 327 g/mol. The fourth-order valence-electron chi connectivity index (χ4n) is 2.28. The minimum absolute atomic E-state index is 0.243. The Hall–Kier alpha value is -2.14. The van der Waals surface area contributed by atoms with Gasteiger partial charge in [0, 0.05) is 29.3 Å². The number of hydrogen-bond donors (Lipinski definition) is 1. The number of benzene rings is 1. The predicted octanol–water partition coefficient (Wildman–Crippen LogP) is 5.17. The zero-order chi connectivity index (χ0) is 16.1. The van der Waals surface area contributed by atoms with E-state index in [1.165, 1.54) is 12.1 Å². The molecule has 0 saturated heterocycles. The van der Waals surface area contributed by atoms with Crippen molar-refractivity contribution >= 4 is 11.8 Å². The lowest BCUT2D eigenvalue weighted by Crippen LogP contribution is -1.84. The van der Waals surface area contributed by atoms with E-state index in [9.17, 15) is 4.39 Å². The summed E-state index contributed by atoms with van der Waals surface area (Å²) in [4.78, 5) is 12.2. The van der Waals surface area contributed by atoms with Crippen LogP contribution >= 0.6 is 11.8 Å². The maximum Gasteiger partial charge on any atom is 0.166 e. The highest BCUT2D eigenvalue weighted by atomic mass is 32.2. The van der Waals surface area contributed by atoms with Crippen LogP contribution in [0, 0.1) is 5.82 Å². The molecular weight excluding hydrogens is 309 g/mol. The summed E-state index contributed by atoms with van der Waals surface area (Å²) in [7, 11) is 0. The zero-order valence-electron chi connectivity index (χ0n) is 12.9. The molecule has 2 aromatic heterocycles. The SMILES string of the molecule is CCCCSc1nc(-c2ccc(F)cc2)c(-c2ccncc2)[nH]1. The van der Waals surface area contributed by atoms with Crippen LogP contribution in [0.3, 0.4) is 0 Å². The van der Waals surface area contributed by atoms with E-state index in [-0.39, 0.29) is 5.82 Å². The summed E-state index contributed by atoms with van der Waals surface area (Å²) in [6, 6.07) is 10.3. The molecule has 0 atom stereocenters. The summed E-state index contributed by atoms with van der Waals surface area (Å²) in [5, 5.41) is 0.893. The Labute approximate surface area is 139 Å². The van der Waals surface area contributed by atoms with Gasteiger partial charge in [-0.25, -0.2) is 9.37 Å². The molecule has 0 unspecified atom stereocenters. The van der Waals surface area contributed by atoms with E-state index in [1.54, 1.807) is 36.3 Å². The molecule has 0 spiro atoms. The molecule has 0 aliphatic carbocycles. The van der Waals surface area contributed by atoms with Gasteiger partial charge in [0.25, 0.3) is 0 Å². The van der Waals surface area contributed by atoms with Gasteiger partial charge < -0.3 is 4.98 Å². The van der Waals surface area contributed by atoms with Gasteiger partial charge in [-0.05, 0) is 42.8 Å². The van der Waals surface area contributed by atoms with Crippen molar-refractivity contribution in [2.45, 2.75) is 24.9 Å². The van der Waals surface area contributed by atoms with E-state index in [1.807, 2.05) is 12.1 Å². The molecule has 23 heavy (non-hydrogen) atoms. The van der Waals surface area contributed by atoms with Crippen molar-refractivity contribution in [2.75, 3.05) is 5.75 Å². The number of hydrogen-bond acceptors (Lipinski definition) is 3. The molecule has 118 valence electrons. The first-order chi connectivity index (χ1) is 11.3. The number of pyridine rings is 1. The smallest absolute Gasteiger partial charge is 0.166 e. The largest absolute Gasteiger partial charge is 0.332 e. The van der Waals surface area contributed by atoms with Gasteiger partial charge in [-0.2, -0.15) is 0 Å². The van der Waals surface area contributed by atoms with Crippen LogP contribution in [0.5, 0.6) is 0 Å². The lowest BCUT2D eigenvalue weighted by molar-refractivity contribution is 0.628. The van der Waals surface area contributed by atoms with Crippen LogP contribution in [0.25, 0.3) is 22.5 Å². The summed E-state index contributed by atoms with van der Waals surface area (Å²) >= 11 is 1.72. The van der Waals surface area contributed by atoms with E-state index in [0.29, 0.717) is 0 Å². The Morgan fingerprint density at radius 3 is 2.48 bits per heavy atom. The van der Waals surface area contributed by atoms with Gasteiger partial charge in [0.05, 0.1) is 11.4 Å². The molecule has 0 amide bonds. The van der Waals surface area contributed by atoms with Gasteiger partial charge in [0.15, 0.2) is 5.16 Å². The number of H-pyrrole nitrogens is 1. The number of unbranched alkanes of at least 4 members (excludes halogenated alkanes) is 1. The molecule has 3 rings (SSSR count). The van der Waals surface area contributed by atoms with Gasteiger partial charge >= 0.3 is 0 Å². The second-order valence-corrected chi connectivity index (χ2v) is 6.29. The number of halogens is 1. The van der Waals surface area contributed by atoms with Crippen molar-refractivity contribution in [3.63, 3.8) is 0 Å². The van der Waals surface area contributed by atoms with E-state index >= 15 is 0 Å². The summed E-state index contributed by atoms with van der Waals surface area (Å²) in [5.41, 5.74) is 3.71. The minimum Gasteiger partial charge on any atom is -0.332 e. The van der Waals surface area contributed by atoms with Gasteiger partial charge in [-0.15, -0.1) is 0 Å². The molecule has 3 nitrogen and oxygen atoms in total. The monoisotopic (exact) mass is 327 g/mol. The molecular formula is C18H18FN3S. The number of aromatic amines is 1. The summed E-state index contributed by atoms with van der Waals surface area (Å²) in [5.74, 6) is 0.787. The fraction of sp³-hybridized carbons (Fsp3) is 0.222. The average Bonchev–Trinajstić information content (AvgIpc) is 3.01. The van der Waals surface area contributed by atoms with Gasteiger partial charge in [-0.1, -0.05) is 25.1 Å². The number of aromatic nitrogens is 3. The molecule has 0 saturated carbocycles. The van der Waals surface area contributed by atoms with E-state index in [4.69, 9.17) is 4.98 Å². The number of nitrogens with one attached hydrogen (secondary N) is 1. The molecule has 0 aliphatic heterocycles. The fourth-order valence-corrected chi connectivity index (χ4v) is 3.23. The quantitative estimate of drug-likeness (QED) is 0.501. The van der Waals surface area contributed by atoms with E-state index in [2.05, 4.69) is 16.9 Å². The lowest BCUT2D eigenvalue weighted by atomic mass is 10.1. The molecule has 5 heteroatoms. The first-order valence-corrected chi connectivity index (χ1v) is 8.65. The third-order valence-corrected chi connectivity index (χ3v) is 4.46. The Balaban J connectivity index is 2.00. The van der Waals surface area contributed by atoms with E-state index < -0.39 is 0 Å². The van der Waals surface area contributed by atoms with Crippen LogP contribution in [0.4, 0.5) is 4.39 Å². The number of rotatable bonds is 6. The highest BCUT2D eigenvalue weighted by Crippen LogP contribution is 2.32. The molecule has 0 aliphatic rings. The Morgan fingerprint density at radius 2 is 1.78 bits per heavy atom. The third kappa shape index (κ3) is 3.79. The molecule has 0 fully saturated rings. The Morgan fingerprint density at radius 1 is 1.04 bits per heavy atom. The van der Waals surface area contributed by atoms with Crippen molar-refractivity contribution in [3.8, 4) is 22.5 Å². The van der Waals surface area contributed by atoms with Gasteiger partial charge in [0.1, 0.15) is 5.82 Å². The van der Waals surface area contributed by atoms with Crippen molar-refractivity contribution in [1.82, 2.24) is 15.0 Å². The van der Waals surface area contributed by atoms with Crippen LogP contribution in [0.2, 0.25) is 0 Å². The Kier molecular flexibility index (Phi) is 5.08. The van der Waals surface area contributed by atoms with Crippen molar-refractivity contribution in [3.05, 3.63) is 54.6 Å². The molecule has 3 aromatic rings. The molecule has 0 bridgehead atoms. The second-order valence-electron chi connectivity index (χ2n) is 5.21. The summed E-state index contributed by atoms with van der Waals surface area (Å²) in [6.45, 7) is 2.18. The van der Waals surface area contributed by atoms with E-state index in [0.717, 1.165) is 46.3 Å². The van der Waals surface area contributed by atoms with Crippen molar-refractivity contribution < 1.29 is 4.39 Å². The molecule has 2 heterocycles. The number of nitrogens with zero attached hydrogens (tertiary/aromatic N) is 2. The second kappa shape index (κ2) is 7.42. The topological polar surface area (TPSA) is 41.6 Å². The first kappa shape index (κ1) is 15.7. The summed E-state index contributed by atoms with van der Waals surface area (Å²) < 4.78 is 13.2. The predicted molar refractivity (Wildman–Crippen MR) is 92.8 cm³/mol. The van der Waals surface area contributed by atoms with Gasteiger partial charge in [0.2, 0.25) is 0 Å². The van der Waals surface area contributed by atoms with Crippen LogP contribution in [-0.2, 0) is 0 Å². The zero-order valence-corrected chi connectivity index (χ0v) is 13.7. The normalized spacial score (nSPS) is 10.9.